The number of nitrogen functional groups attached to an aromatic ring is 1. The fraction of sp³-hybridized carbons (Fsp3) is 0.541. The number of benzene rings is 2. The van der Waals surface area contributed by atoms with Gasteiger partial charge in [-0.3, -0.25) is 18.2 Å². The Balaban J connectivity index is 0.955. The van der Waals surface area contributed by atoms with Gasteiger partial charge >= 0.3 is 31.7 Å². The lowest BCUT2D eigenvalue weighted by Gasteiger charge is -2.23. The molecule has 0 saturated carbocycles. The molecule has 27 nitrogen and oxygen atoms in total. The Morgan fingerprint density at radius 2 is 1.52 bits per heavy atom. The molecular formula is C37H54N6O21P4S. The summed E-state index contributed by atoms with van der Waals surface area (Å²) in [5.74, 6) is 0.126. The van der Waals surface area contributed by atoms with Gasteiger partial charge in [0.2, 0.25) is 10.0 Å². The molecule has 2 aromatic heterocycles. The van der Waals surface area contributed by atoms with Crippen LogP contribution < -0.4 is 5.73 Å². The monoisotopic (exact) mass is 1070 g/mol. The topological polar surface area (TPSA) is 369 Å². The molecule has 0 spiro atoms. The van der Waals surface area contributed by atoms with Crippen LogP contribution in [0.1, 0.15) is 49.1 Å². The summed E-state index contributed by atoms with van der Waals surface area (Å²) in [6.07, 6.45) is -3.25. The molecule has 0 radical (unpaired) electrons. The molecule has 2 aromatic carbocycles. The molecule has 4 heterocycles. The van der Waals surface area contributed by atoms with Gasteiger partial charge in [-0.25, -0.2) is 37.1 Å². The standard InChI is InChI=1S/C37H54N6O21P4S/c1-3-13-55-15-16-56-14-12-42(69(53,54)28-10-4-25(2)5-11-28)19-26-6-8-27(9-7-26)20-58-66(47,48)63-68(51,52)64-67(49,50)59-22-31-29(44)17-34(61-31)57-21-32-30(62-65(45)46)18-33(60-32)43-24-41-35-36(38)39-23-40-37(35)43/h4-11,23-24,29-34,44,65H,3,12-22H2,1-2H3,(H,45,46)(H,47,48)(H,49,50)(H,51,52)(H2,38,39,40)/t29-,30+,31-,32-,33-,34-/m1/s1. The number of nitrogens with two attached hydrogens (primary N) is 1. The Hall–Kier alpha value is -2.98. The van der Waals surface area contributed by atoms with Gasteiger partial charge < -0.3 is 58.6 Å². The second kappa shape index (κ2) is 24.6. The molecule has 32 heteroatoms. The Kier molecular flexibility index (Phi) is 19.8. The van der Waals surface area contributed by atoms with Crippen molar-refractivity contribution < 1.29 is 97.2 Å². The van der Waals surface area contributed by atoms with Crippen LogP contribution in [0.3, 0.4) is 0 Å². The van der Waals surface area contributed by atoms with E-state index in [1.54, 1.807) is 12.1 Å². The predicted molar refractivity (Wildman–Crippen MR) is 239 cm³/mol. The van der Waals surface area contributed by atoms with Gasteiger partial charge in [-0.1, -0.05) is 48.9 Å². The predicted octanol–water partition coefficient (Wildman–Crippen LogP) is 3.47. The summed E-state index contributed by atoms with van der Waals surface area (Å²) in [4.78, 5) is 52.3. The first kappa shape index (κ1) is 55.3. The number of anilines is 1. The Labute approximate surface area is 396 Å². The molecule has 0 bridgehead atoms. The molecule has 2 saturated heterocycles. The van der Waals surface area contributed by atoms with Crippen LogP contribution in [0.25, 0.3) is 11.2 Å². The normalized spacial score (nSPS) is 24.1. The van der Waals surface area contributed by atoms with Crippen LogP contribution in [0, 0.1) is 6.92 Å². The van der Waals surface area contributed by atoms with Gasteiger partial charge in [-0.2, -0.15) is 12.9 Å². The number of aliphatic hydroxyl groups is 1. The fourth-order valence-electron chi connectivity index (χ4n) is 6.87. The highest BCUT2D eigenvalue weighted by Crippen LogP contribution is 2.68. The van der Waals surface area contributed by atoms with E-state index in [0.717, 1.165) is 12.0 Å². The smallest absolute Gasteiger partial charge is 0.390 e. The third-order valence-corrected chi connectivity index (χ3v) is 16.8. The van der Waals surface area contributed by atoms with Gasteiger partial charge in [0.25, 0.3) is 0 Å². The second-order valence-corrected chi connectivity index (χ2v) is 22.8. The van der Waals surface area contributed by atoms with Crippen LogP contribution in [0.2, 0.25) is 0 Å². The lowest BCUT2D eigenvalue weighted by atomic mass is 10.1. The average Bonchev–Trinajstić information content (AvgIpc) is 3.99. The molecular weight excluding hydrogens is 1020 g/mol. The number of sulfonamides is 1. The maximum Gasteiger partial charge on any atom is 0.490 e. The molecule has 2 fully saturated rings. The SMILES string of the molecule is CCCOCCOCCN(Cc1ccc(COP(=O)(O)OP(=O)(O)OP(=O)(O)OC[C@H]2O[C@@H](OC[C@H]3O[C@@H](n4cnc5c(N)ncnc54)C[C@@H]3O[PH](=O)O)C[C@H]2O)cc1)S(=O)(=O)c1ccc(C)cc1. The molecule has 7 N–H and O–H groups in total. The quantitative estimate of drug-likeness (QED) is 0.0350. The molecule has 10 atom stereocenters. The van der Waals surface area contributed by atoms with Crippen molar-refractivity contribution in [1.29, 1.82) is 0 Å². The third kappa shape index (κ3) is 16.3. The number of imidazole rings is 1. The van der Waals surface area contributed by atoms with E-state index in [-0.39, 0.29) is 62.0 Å². The number of ether oxygens (including phenoxy) is 5. The van der Waals surface area contributed by atoms with Crippen LogP contribution >= 0.6 is 31.7 Å². The van der Waals surface area contributed by atoms with Crippen LogP contribution in [-0.2, 0) is 87.3 Å². The van der Waals surface area contributed by atoms with Gasteiger partial charge in [-0.05, 0) is 36.6 Å². The first-order chi connectivity index (χ1) is 32.6. The van der Waals surface area contributed by atoms with Crippen molar-refractivity contribution in [2.24, 2.45) is 0 Å². The van der Waals surface area contributed by atoms with E-state index >= 15 is 0 Å². The number of phosphoric ester groups is 2. The Morgan fingerprint density at radius 1 is 0.855 bits per heavy atom. The van der Waals surface area contributed by atoms with E-state index in [4.69, 9.17) is 43.0 Å². The minimum absolute atomic E-state index is 0.0105. The average molecular weight is 1070 g/mol. The van der Waals surface area contributed by atoms with E-state index in [0.29, 0.717) is 29.9 Å². The summed E-state index contributed by atoms with van der Waals surface area (Å²) < 4.78 is 131. The van der Waals surface area contributed by atoms with Crippen LogP contribution in [0.4, 0.5) is 5.82 Å². The number of hydrogen-bond donors (Lipinski definition) is 6. The first-order valence-electron chi connectivity index (χ1n) is 21.1. The van der Waals surface area contributed by atoms with E-state index in [1.165, 1.54) is 57.9 Å². The van der Waals surface area contributed by atoms with Gasteiger partial charge in [0.15, 0.2) is 17.8 Å². The molecule has 4 aromatic rings. The first-order valence-corrected chi connectivity index (χ1v) is 28.3. The summed E-state index contributed by atoms with van der Waals surface area (Å²) in [6.45, 7) is 3.13. The number of rotatable bonds is 28. The second-order valence-electron chi connectivity index (χ2n) is 15.4. The highest BCUT2D eigenvalue weighted by atomic mass is 32.2. The molecule has 0 aliphatic carbocycles. The highest BCUT2D eigenvalue weighted by molar-refractivity contribution is 7.89. The van der Waals surface area contributed by atoms with E-state index in [9.17, 15) is 51.4 Å². The maximum atomic E-state index is 13.6. The van der Waals surface area contributed by atoms with Crippen molar-refractivity contribution in [3.63, 3.8) is 0 Å². The summed E-state index contributed by atoms with van der Waals surface area (Å²) >= 11 is 0. The molecule has 384 valence electrons. The maximum absolute atomic E-state index is 13.6. The van der Waals surface area contributed by atoms with Gasteiger partial charge in [0.1, 0.15) is 30.3 Å². The Morgan fingerprint density at radius 3 is 2.20 bits per heavy atom. The minimum Gasteiger partial charge on any atom is -0.390 e. The molecule has 2 aliphatic heterocycles. The molecule has 0 amide bonds. The molecule has 4 unspecified atom stereocenters. The molecule has 2 aliphatic rings. The van der Waals surface area contributed by atoms with Crippen molar-refractivity contribution in [2.75, 3.05) is 51.9 Å². The largest absolute Gasteiger partial charge is 0.490 e. The number of aryl methyl sites for hydroxylation is 1. The Bertz CT molecular complexity index is 2600. The molecule has 69 heavy (non-hydrogen) atoms. The number of phosphoric acid groups is 3. The highest BCUT2D eigenvalue weighted by Gasteiger charge is 2.45. The third-order valence-electron chi connectivity index (χ3n) is 10.2. The number of nitrogens with zero attached hydrogens (tertiary/aromatic N) is 5. The number of aliphatic hydroxyl groups excluding tert-OH is 1. The van der Waals surface area contributed by atoms with Crippen LogP contribution in [-0.4, -0.2) is 134 Å². The van der Waals surface area contributed by atoms with Crippen molar-refractivity contribution >= 4 is 58.7 Å². The van der Waals surface area contributed by atoms with E-state index in [1.807, 2.05) is 13.8 Å². The van der Waals surface area contributed by atoms with Gasteiger partial charge in [0, 0.05) is 32.5 Å². The fourth-order valence-corrected chi connectivity index (χ4v) is 12.3. The van der Waals surface area contributed by atoms with Crippen LogP contribution in [0.5, 0.6) is 0 Å². The molecule has 6 rings (SSSR count). The summed E-state index contributed by atoms with van der Waals surface area (Å²) in [5, 5.41) is 10.5. The van der Waals surface area contributed by atoms with E-state index < -0.39 is 91.9 Å². The van der Waals surface area contributed by atoms with Crippen molar-refractivity contribution in [1.82, 2.24) is 23.8 Å². The zero-order chi connectivity index (χ0) is 50.0. The summed E-state index contributed by atoms with van der Waals surface area (Å²) in [6, 6.07) is 12.3. The number of fused-ring (bicyclic) bond motifs is 1. The van der Waals surface area contributed by atoms with Crippen molar-refractivity contribution in [2.45, 2.75) is 88.1 Å². The van der Waals surface area contributed by atoms with Gasteiger partial charge in [0.05, 0.1) is 63.1 Å². The number of aromatic nitrogens is 4. The summed E-state index contributed by atoms with van der Waals surface area (Å²) in [5.41, 5.74) is 8.14. The van der Waals surface area contributed by atoms with Gasteiger partial charge in [-0.15, -0.1) is 0 Å². The number of hydrogen-bond acceptors (Lipinski definition) is 21. The van der Waals surface area contributed by atoms with Crippen molar-refractivity contribution in [3.8, 4) is 0 Å². The lowest BCUT2D eigenvalue weighted by Crippen LogP contribution is -2.34. The zero-order valence-electron chi connectivity index (χ0n) is 37.1. The van der Waals surface area contributed by atoms with Crippen molar-refractivity contribution in [3.05, 3.63) is 77.9 Å². The minimum atomic E-state index is -5.88. The zero-order valence-corrected chi connectivity index (χ0v) is 41.6. The summed E-state index contributed by atoms with van der Waals surface area (Å²) in [7, 11) is -24.3. The van der Waals surface area contributed by atoms with Crippen LogP contribution in [0.15, 0.2) is 66.1 Å². The van der Waals surface area contributed by atoms with E-state index in [2.05, 4.69) is 23.6 Å². The lowest BCUT2D eigenvalue weighted by molar-refractivity contribution is -0.167.